The Morgan fingerprint density at radius 3 is 3.05 bits per heavy atom. The minimum Gasteiger partial charge on any atom is -0.396 e. The second-order valence-electron chi connectivity index (χ2n) is 4.49. The Kier molecular flexibility index (Phi) is 4.53. The second kappa shape index (κ2) is 6.17. The Bertz CT molecular complexity index is 614. The molecule has 0 aromatic carbocycles. The Hall–Kier alpha value is -1.70. The van der Waals surface area contributed by atoms with Gasteiger partial charge in [-0.25, -0.2) is 0 Å². The molecule has 2 aromatic heterocycles. The molecule has 2 aromatic rings. The maximum atomic E-state index is 12.4. The number of aliphatic hydroxyl groups is 1. The molecule has 0 aliphatic carbocycles. The van der Waals surface area contributed by atoms with Crippen molar-refractivity contribution in [1.82, 2.24) is 9.88 Å². The summed E-state index contributed by atoms with van der Waals surface area (Å²) >= 11 is 1.31. The molecular weight excluding hydrogens is 278 g/mol. The first kappa shape index (κ1) is 14.7. The first-order valence-electron chi connectivity index (χ1n) is 6.10. The van der Waals surface area contributed by atoms with Gasteiger partial charge in [-0.2, -0.15) is 0 Å². The van der Waals surface area contributed by atoms with Gasteiger partial charge in [-0.3, -0.25) is 9.78 Å². The first-order valence-corrected chi connectivity index (χ1v) is 6.91. The molecule has 1 atom stereocenters. The van der Waals surface area contributed by atoms with Crippen LogP contribution in [0, 0.1) is 0 Å². The molecule has 6 nitrogen and oxygen atoms in total. The number of aromatic nitrogens is 1. The monoisotopic (exact) mass is 295 g/mol. The van der Waals surface area contributed by atoms with Crippen molar-refractivity contribution < 1.29 is 14.6 Å². The van der Waals surface area contributed by atoms with Gasteiger partial charge in [-0.05, 0) is 12.1 Å². The third-order valence-corrected chi connectivity index (χ3v) is 4.02. The molecule has 2 rings (SSSR count). The van der Waals surface area contributed by atoms with Crippen molar-refractivity contribution in [3.8, 4) is 0 Å². The van der Waals surface area contributed by atoms with Gasteiger partial charge in [0.25, 0.3) is 5.91 Å². The quantitative estimate of drug-likeness (QED) is 0.857. The number of likely N-dealkylation sites (N-methyl/N-ethyl adjacent to an activating group) is 1. The number of amides is 1. The van der Waals surface area contributed by atoms with Crippen LogP contribution >= 0.6 is 11.3 Å². The first-order chi connectivity index (χ1) is 9.54. The number of thiophene rings is 1. The highest BCUT2D eigenvalue weighted by atomic mass is 32.1. The molecule has 3 N–H and O–H groups in total. The predicted octanol–water partition coefficient (Wildman–Crippen LogP) is 0.958. The van der Waals surface area contributed by atoms with Crippen molar-refractivity contribution in [2.45, 2.75) is 6.10 Å². The number of hydrogen-bond acceptors (Lipinski definition) is 6. The summed E-state index contributed by atoms with van der Waals surface area (Å²) in [4.78, 5) is 18.4. The lowest BCUT2D eigenvalue weighted by Crippen LogP contribution is -2.36. The molecule has 7 heteroatoms. The molecule has 0 bridgehead atoms. The zero-order valence-electron chi connectivity index (χ0n) is 11.4. The van der Waals surface area contributed by atoms with Crippen LogP contribution in [0.3, 0.4) is 0 Å². The molecule has 0 saturated carbocycles. The largest absolute Gasteiger partial charge is 0.396 e. The number of pyridine rings is 1. The van der Waals surface area contributed by atoms with Gasteiger partial charge in [-0.1, -0.05) is 0 Å². The molecule has 0 aliphatic rings. The van der Waals surface area contributed by atoms with E-state index in [4.69, 9.17) is 10.5 Å². The molecule has 2 heterocycles. The van der Waals surface area contributed by atoms with E-state index in [0.29, 0.717) is 16.1 Å². The standard InChI is InChI=1S/C13H17N3O3S/c1-16(6-8(17)7-19-2)13(18)12-10(14)11-9(20-12)4-3-5-15-11/h3-5,8,17H,6-7,14H2,1-2H3. The number of carbonyl (C=O) groups is 1. The molecule has 0 fully saturated rings. The van der Waals surface area contributed by atoms with Crippen LogP contribution in [0.2, 0.25) is 0 Å². The molecule has 0 radical (unpaired) electrons. The van der Waals surface area contributed by atoms with E-state index in [-0.39, 0.29) is 19.1 Å². The number of carbonyl (C=O) groups excluding carboxylic acids is 1. The van der Waals surface area contributed by atoms with Gasteiger partial charge >= 0.3 is 0 Å². The minimum atomic E-state index is -0.720. The summed E-state index contributed by atoms with van der Waals surface area (Å²) in [5, 5.41) is 9.67. The third kappa shape index (κ3) is 2.90. The number of ether oxygens (including phenoxy) is 1. The molecular formula is C13H17N3O3S. The van der Waals surface area contributed by atoms with E-state index in [1.165, 1.54) is 23.3 Å². The summed E-state index contributed by atoms with van der Waals surface area (Å²) in [5.74, 6) is -0.222. The highest BCUT2D eigenvalue weighted by Gasteiger charge is 2.21. The normalized spacial score (nSPS) is 12.6. The van der Waals surface area contributed by atoms with Crippen molar-refractivity contribution in [3.63, 3.8) is 0 Å². The number of fused-ring (bicyclic) bond motifs is 1. The minimum absolute atomic E-state index is 0.182. The van der Waals surface area contributed by atoms with Crippen molar-refractivity contribution in [2.24, 2.45) is 0 Å². The number of nitrogen functional groups attached to an aromatic ring is 1. The van der Waals surface area contributed by atoms with E-state index in [1.54, 1.807) is 19.3 Å². The van der Waals surface area contributed by atoms with Crippen LogP contribution in [-0.4, -0.2) is 54.3 Å². The van der Waals surface area contributed by atoms with Crippen molar-refractivity contribution in [2.75, 3.05) is 33.0 Å². The molecule has 0 spiro atoms. The van der Waals surface area contributed by atoms with Crippen LogP contribution in [-0.2, 0) is 4.74 Å². The van der Waals surface area contributed by atoms with E-state index in [1.807, 2.05) is 6.07 Å². The summed E-state index contributed by atoms with van der Waals surface area (Å²) in [7, 11) is 3.12. The van der Waals surface area contributed by atoms with Crippen LogP contribution in [0.4, 0.5) is 5.69 Å². The number of nitrogens with zero attached hydrogens (tertiary/aromatic N) is 2. The van der Waals surface area contributed by atoms with Crippen LogP contribution in [0.1, 0.15) is 9.67 Å². The van der Waals surface area contributed by atoms with Crippen molar-refractivity contribution in [3.05, 3.63) is 23.2 Å². The SMILES string of the molecule is COCC(O)CN(C)C(=O)c1sc2cccnc2c1N. The predicted molar refractivity (Wildman–Crippen MR) is 78.9 cm³/mol. The third-order valence-electron chi connectivity index (χ3n) is 2.87. The summed E-state index contributed by atoms with van der Waals surface area (Å²) in [6, 6.07) is 3.68. The van der Waals surface area contributed by atoms with Gasteiger partial charge in [0, 0.05) is 26.9 Å². The van der Waals surface area contributed by atoms with Gasteiger partial charge in [0.2, 0.25) is 0 Å². The molecule has 108 valence electrons. The lowest BCUT2D eigenvalue weighted by atomic mass is 10.3. The van der Waals surface area contributed by atoms with Crippen molar-refractivity contribution in [1.29, 1.82) is 0 Å². The Balaban J connectivity index is 2.20. The summed E-state index contributed by atoms with van der Waals surface area (Å²) in [5.41, 5.74) is 7.02. The Morgan fingerprint density at radius 1 is 1.65 bits per heavy atom. The van der Waals surface area contributed by atoms with Gasteiger partial charge in [-0.15, -0.1) is 11.3 Å². The second-order valence-corrected chi connectivity index (χ2v) is 5.54. The van der Waals surface area contributed by atoms with Gasteiger partial charge in [0.15, 0.2) is 0 Å². The molecule has 0 saturated heterocycles. The van der Waals surface area contributed by atoms with E-state index < -0.39 is 6.10 Å². The Morgan fingerprint density at radius 2 is 2.40 bits per heavy atom. The lowest BCUT2D eigenvalue weighted by Gasteiger charge is -2.20. The molecule has 20 heavy (non-hydrogen) atoms. The maximum absolute atomic E-state index is 12.4. The fourth-order valence-electron chi connectivity index (χ4n) is 1.92. The van der Waals surface area contributed by atoms with E-state index >= 15 is 0 Å². The number of anilines is 1. The topological polar surface area (TPSA) is 88.7 Å². The maximum Gasteiger partial charge on any atom is 0.265 e. The number of rotatable bonds is 5. The highest BCUT2D eigenvalue weighted by Crippen LogP contribution is 2.32. The molecule has 1 unspecified atom stereocenters. The van der Waals surface area contributed by atoms with E-state index in [9.17, 15) is 9.90 Å². The summed E-state index contributed by atoms with van der Waals surface area (Å²) in [6.45, 7) is 0.370. The number of aliphatic hydroxyl groups excluding tert-OH is 1. The number of methoxy groups -OCH3 is 1. The van der Waals surface area contributed by atoms with E-state index in [0.717, 1.165) is 4.70 Å². The van der Waals surface area contributed by atoms with Crippen molar-refractivity contribution >= 4 is 33.1 Å². The van der Waals surface area contributed by atoms with Gasteiger partial charge in [0.1, 0.15) is 10.4 Å². The number of hydrogen-bond donors (Lipinski definition) is 2. The lowest BCUT2D eigenvalue weighted by molar-refractivity contribution is 0.0382. The van der Waals surface area contributed by atoms with Gasteiger partial charge in [0.05, 0.1) is 23.1 Å². The summed E-state index contributed by atoms with van der Waals surface area (Å²) < 4.78 is 5.72. The highest BCUT2D eigenvalue weighted by molar-refractivity contribution is 7.21. The number of nitrogens with two attached hydrogens (primary N) is 1. The smallest absolute Gasteiger partial charge is 0.265 e. The molecule has 1 amide bonds. The fourth-order valence-corrected chi connectivity index (χ4v) is 3.00. The average Bonchev–Trinajstić information content (AvgIpc) is 2.76. The Labute approximate surface area is 120 Å². The van der Waals surface area contributed by atoms with Crippen LogP contribution in [0.5, 0.6) is 0 Å². The van der Waals surface area contributed by atoms with Crippen LogP contribution in [0.15, 0.2) is 18.3 Å². The van der Waals surface area contributed by atoms with Crippen LogP contribution in [0.25, 0.3) is 10.2 Å². The van der Waals surface area contributed by atoms with E-state index in [2.05, 4.69) is 4.98 Å². The average molecular weight is 295 g/mol. The fraction of sp³-hybridized carbons (Fsp3) is 0.385. The zero-order chi connectivity index (χ0) is 14.7. The van der Waals surface area contributed by atoms with Gasteiger partial charge < -0.3 is 20.5 Å². The summed E-state index contributed by atoms with van der Waals surface area (Å²) in [6.07, 6.45) is 0.925. The molecule has 0 aliphatic heterocycles. The van der Waals surface area contributed by atoms with Crippen LogP contribution < -0.4 is 5.73 Å². The zero-order valence-corrected chi connectivity index (χ0v) is 12.2.